The van der Waals surface area contributed by atoms with E-state index in [1.807, 2.05) is 30.3 Å². The van der Waals surface area contributed by atoms with E-state index in [-0.39, 0.29) is 37.7 Å². The molecule has 0 spiro atoms. The van der Waals surface area contributed by atoms with Gasteiger partial charge in [-0.25, -0.2) is 0 Å². The van der Waals surface area contributed by atoms with Gasteiger partial charge in [0, 0.05) is 0 Å². The van der Waals surface area contributed by atoms with Gasteiger partial charge in [0.25, 0.3) is 0 Å². The Kier molecular flexibility index (Phi) is 4.63. The minimum atomic E-state index is 0. The van der Waals surface area contributed by atoms with Crippen LogP contribution in [0.15, 0.2) is 30.3 Å². The summed E-state index contributed by atoms with van der Waals surface area (Å²) < 4.78 is 0. The molecule has 0 saturated carbocycles. The van der Waals surface area contributed by atoms with Crippen LogP contribution >= 0.6 is 0 Å². The van der Waals surface area contributed by atoms with Gasteiger partial charge in [-0.3, -0.25) is 0 Å². The first kappa shape index (κ1) is 8.48. The standard InChI is InChI=1S/C7H7.Ca.2H/c1-7-5-3-2-4-6-7;;;/h2-6H,1H2;;;. The van der Waals surface area contributed by atoms with Gasteiger partial charge in [0.05, 0.1) is 0 Å². The van der Waals surface area contributed by atoms with E-state index < -0.39 is 0 Å². The number of hydrogen-bond donors (Lipinski definition) is 0. The van der Waals surface area contributed by atoms with E-state index in [2.05, 4.69) is 6.92 Å². The van der Waals surface area contributed by atoms with Crippen molar-refractivity contribution in [1.82, 2.24) is 0 Å². The van der Waals surface area contributed by atoms with Crippen molar-refractivity contribution >= 4 is 37.7 Å². The monoisotopic (exact) mass is 133 g/mol. The Morgan fingerprint density at radius 1 is 1.00 bits per heavy atom. The van der Waals surface area contributed by atoms with E-state index in [4.69, 9.17) is 0 Å². The first-order valence-electron chi connectivity index (χ1n) is 2.26. The quantitative estimate of drug-likeness (QED) is 0.462. The zero-order valence-corrected chi connectivity index (χ0v) is 4.09. The topological polar surface area (TPSA) is 0 Å². The zero-order chi connectivity index (χ0) is 5.11. The van der Waals surface area contributed by atoms with Gasteiger partial charge in [-0.1, -0.05) is 30.3 Å². The third-order valence-corrected chi connectivity index (χ3v) is 0.843. The molecular formula is C7H9Ca. The summed E-state index contributed by atoms with van der Waals surface area (Å²) in [7, 11) is 0. The second-order valence-electron chi connectivity index (χ2n) is 1.49. The van der Waals surface area contributed by atoms with Crippen molar-refractivity contribution < 1.29 is 0 Å². The molecule has 0 aliphatic heterocycles. The number of hydrogen-bond acceptors (Lipinski definition) is 0. The van der Waals surface area contributed by atoms with Crippen molar-refractivity contribution in [2.45, 2.75) is 0 Å². The summed E-state index contributed by atoms with van der Waals surface area (Å²) in [5.41, 5.74) is 1.07. The molecule has 0 bridgehead atoms. The third-order valence-electron chi connectivity index (χ3n) is 0.843. The Labute approximate surface area is 79.9 Å². The van der Waals surface area contributed by atoms with Crippen molar-refractivity contribution in [1.29, 1.82) is 0 Å². The van der Waals surface area contributed by atoms with Gasteiger partial charge >= 0.3 is 37.7 Å². The van der Waals surface area contributed by atoms with Gasteiger partial charge < -0.3 is 0 Å². The molecule has 0 aliphatic carbocycles. The van der Waals surface area contributed by atoms with Crippen molar-refractivity contribution in [3.05, 3.63) is 42.8 Å². The first-order valence-corrected chi connectivity index (χ1v) is 2.26. The summed E-state index contributed by atoms with van der Waals surface area (Å²) in [5, 5.41) is 0. The molecule has 0 nitrogen and oxygen atoms in total. The molecule has 1 heteroatoms. The third kappa shape index (κ3) is 2.71. The molecule has 1 radical (unpaired) electrons. The average Bonchev–Trinajstić information content (AvgIpc) is 1.69. The maximum atomic E-state index is 3.72. The maximum absolute atomic E-state index is 3.72. The summed E-state index contributed by atoms with van der Waals surface area (Å²) >= 11 is 0. The van der Waals surface area contributed by atoms with Gasteiger partial charge in [-0.2, -0.15) is 0 Å². The zero-order valence-electron chi connectivity index (χ0n) is 4.09. The fourth-order valence-electron chi connectivity index (χ4n) is 0.478. The predicted molar refractivity (Wildman–Crippen MR) is 39.4 cm³/mol. The summed E-state index contributed by atoms with van der Waals surface area (Å²) in [6.07, 6.45) is 0. The summed E-state index contributed by atoms with van der Waals surface area (Å²) in [6.45, 7) is 3.72. The number of rotatable bonds is 0. The fraction of sp³-hybridized carbons (Fsp3) is 0. The van der Waals surface area contributed by atoms with Crippen molar-refractivity contribution in [3.63, 3.8) is 0 Å². The molecule has 0 atom stereocenters. The van der Waals surface area contributed by atoms with Crippen LogP contribution in [0, 0.1) is 6.92 Å². The molecule has 0 fully saturated rings. The van der Waals surface area contributed by atoms with Gasteiger partial charge in [0.15, 0.2) is 0 Å². The summed E-state index contributed by atoms with van der Waals surface area (Å²) in [5.74, 6) is 0. The predicted octanol–water partition coefficient (Wildman–Crippen LogP) is 0.953. The van der Waals surface area contributed by atoms with Gasteiger partial charge in [-0.15, -0.1) is 0 Å². The molecule has 39 valence electrons. The molecule has 8 heavy (non-hydrogen) atoms. The molecule has 0 amide bonds. The van der Waals surface area contributed by atoms with Gasteiger partial charge in [0.2, 0.25) is 0 Å². The van der Waals surface area contributed by atoms with Crippen LogP contribution in [0.25, 0.3) is 0 Å². The van der Waals surface area contributed by atoms with E-state index in [9.17, 15) is 0 Å². The molecule has 0 saturated heterocycles. The Bertz CT molecular complexity index is 134. The molecule has 1 rings (SSSR count). The summed E-state index contributed by atoms with van der Waals surface area (Å²) in [4.78, 5) is 0. The minimum absolute atomic E-state index is 0. The van der Waals surface area contributed by atoms with Crippen LogP contribution in [0.4, 0.5) is 0 Å². The van der Waals surface area contributed by atoms with Crippen LogP contribution in [-0.2, 0) is 0 Å². The Hall–Kier alpha value is 0.480. The Morgan fingerprint density at radius 2 is 1.50 bits per heavy atom. The Balaban J connectivity index is 0.000000490. The molecule has 0 aliphatic rings. The van der Waals surface area contributed by atoms with Crippen LogP contribution in [0.2, 0.25) is 0 Å². The van der Waals surface area contributed by atoms with E-state index >= 15 is 0 Å². The SMILES string of the molecule is [CH2]c1ccccc1.[CaH2]. The number of benzene rings is 1. The van der Waals surface area contributed by atoms with Gasteiger partial charge in [0.1, 0.15) is 0 Å². The van der Waals surface area contributed by atoms with Crippen LogP contribution in [-0.4, -0.2) is 37.7 Å². The van der Waals surface area contributed by atoms with E-state index in [1.54, 1.807) is 0 Å². The van der Waals surface area contributed by atoms with Crippen LogP contribution in [0.1, 0.15) is 5.56 Å². The molecule has 0 N–H and O–H groups in total. The second-order valence-corrected chi connectivity index (χ2v) is 1.49. The van der Waals surface area contributed by atoms with E-state index in [0.29, 0.717) is 0 Å². The van der Waals surface area contributed by atoms with Crippen LogP contribution in [0.5, 0.6) is 0 Å². The average molecular weight is 133 g/mol. The van der Waals surface area contributed by atoms with Crippen molar-refractivity contribution in [3.8, 4) is 0 Å². The molecule has 0 heterocycles. The van der Waals surface area contributed by atoms with Crippen molar-refractivity contribution in [2.24, 2.45) is 0 Å². The molecule has 1 aromatic carbocycles. The van der Waals surface area contributed by atoms with E-state index in [0.717, 1.165) is 5.56 Å². The fourth-order valence-corrected chi connectivity index (χ4v) is 0.478. The molecular weight excluding hydrogens is 124 g/mol. The van der Waals surface area contributed by atoms with Gasteiger partial charge in [-0.05, 0) is 12.5 Å². The van der Waals surface area contributed by atoms with Crippen LogP contribution < -0.4 is 0 Å². The molecule has 1 aromatic rings. The van der Waals surface area contributed by atoms with E-state index in [1.165, 1.54) is 0 Å². The second kappa shape index (κ2) is 4.37. The van der Waals surface area contributed by atoms with Crippen LogP contribution in [0.3, 0.4) is 0 Å². The summed E-state index contributed by atoms with van der Waals surface area (Å²) in [6, 6.07) is 9.87. The first-order chi connectivity index (χ1) is 3.39. The normalized spacial score (nSPS) is 7.62. The van der Waals surface area contributed by atoms with Crippen molar-refractivity contribution in [2.75, 3.05) is 0 Å². The molecule has 0 unspecified atom stereocenters. The Morgan fingerprint density at radius 3 is 1.75 bits per heavy atom. The molecule has 0 aromatic heterocycles.